The third-order valence-corrected chi connectivity index (χ3v) is 5.12. The lowest BCUT2D eigenvalue weighted by Gasteiger charge is -2.30. The van der Waals surface area contributed by atoms with Crippen molar-refractivity contribution in [3.63, 3.8) is 0 Å². The summed E-state index contributed by atoms with van der Waals surface area (Å²) < 4.78 is 18.0. The Morgan fingerprint density at radius 3 is 1.70 bits per heavy atom. The van der Waals surface area contributed by atoms with Crippen molar-refractivity contribution in [3.8, 4) is 0 Å². The van der Waals surface area contributed by atoms with Crippen LogP contribution in [0.4, 0.5) is 0 Å². The largest absolute Gasteiger partial charge is 0.394 e. The Morgan fingerprint density at radius 2 is 1.21 bits per heavy atom. The Bertz CT molecular complexity index is 967. The highest BCUT2D eigenvalue weighted by Gasteiger charge is 2.31. The second kappa shape index (κ2) is 14.1. The van der Waals surface area contributed by atoms with Gasteiger partial charge in [-0.25, -0.2) is 0 Å². The minimum atomic E-state index is -0.704. The molecule has 0 heterocycles. The Hall–Kier alpha value is -3.19. The van der Waals surface area contributed by atoms with Crippen molar-refractivity contribution in [1.29, 1.82) is 0 Å². The zero-order valence-electron chi connectivity index (χ0n) is 18.4. The molecular formula is C26H29N3O4. The first kappa shape index (κ1) is 24.5. The minimum absolute atomic E-state index is 0.129. The summed E-state index contributed by atoms with van der Waals surface area (Å²) in [7, 11) is 0. The number of nitrogens with zero attached hydrogens (tertiary/aromatic N) is 3. The van der Waals surface area contributed by atoms with Crippen molar-refractivity contribution in [3.05, 3.63) is 118 Å². The lowest BCUT2D eigenvalue weighted by atomic mass is 10.1. The molecule has 0 aliphatic carbocycles. The summed E-state index contributed by atoms with van der Waals surface area (Å²) in [5.74, 6) is 0. The van der Waals surface area contributed by atoms with Gasteiger partial charge in [-0.05, 0) is 22.2 Å². The molecule has 0 aliphatic heterocycles. The molecule has 7 heteroatoms. The van der Waals surface area contributed by atoms with E-state index in [4.69, 9.17) is 14.2 Å². The standard InChI is InChI=1S/C26H29N3O4/c27-29-28-24(20-31-17-21-10-4-1-5-11-21)26(33-19-23-14-8-3-9-15-23)25(16-30)32-18-22-12-6-2-7-13-22/h1-15,24-26,30H,16-20H2/t24-,25+,26-/m0/s1. The van der Waals surface area contributed by atoms with E-state index in [0.29, 0.717) is 13.2 Å². The molecule has 3 aromatic carbocycles. The van der Waals surface area contributed by atoms with Crippen LogP contribution >= 0.6 is 0 Å². The summed E-state index contributed by atoms with van der Waals surface area (Å²) in [4.78, 5) is 3.00. The Morgan fingerprint density at radius 1 is 0.727 bits per heavy atom. The fourth-order valence-corrected chi connectivity index (χ4v) is 3.39. The van der Waals surface area contributed by atoms with Gasteiger partial charge in [-0.2, -0.15) is 0 Å². The average molecular weight is 448 g/mol. The van der Waals surface area contributed by atoms with E-state index in [0.717, 1.165) is 16.7 Å². The summed E-state index contributed by atoms with van der Waals surface area (Å²) in [6.45, 7) is 0.794. The minimum Gasteiger partial charge on any atom is -0.394 e. The maximum Gasteiger partial charge on any atom is 0.108 e. The third kappa shape index (κ3) is 8.35. The van der Waals surface area contributed by atoms with Gasteiger partial charge in [0.1, 0.15) is 6.10 Å². The van der Waals surface area contributed by atoms with E-state index in [1.165, 1.54) is 0 Å². The first-order valence-electron chi connectivity index (χ1n) is 10.9. The summed E-state index contributed by atoms with van der Waals surface area (Å²) in [6.07, 6.45) is -1.41. The molecule has 3 rings (SSSR count). The molecule has 3 aromatic rings. The van der Waals surface area contributed by atoms with Gasteiger partial charge in [0.25, 0.3) is 0 Å². The van der Waals surface area contributed by atoms with Crippen LogP contribution in [0.2, 0.25) is 0 Å². The second-order valence-electron chi connectivity index (χ2n) is 7.55. The van der Waals surface area contributed by atoms with Crippen LogP contribution in [0.5, 0.6) is 0 Å². The van der Waals surface area contributed by atoms with Crippen LogP contribution < -0.4 is 0 Å². The molecule has 0 aliphatic rings. The number of rotatable bonds is 14. The van der Waals surface area contributed by atoms with Gasteiger partial charge < -0.3 is 19.3 Å². The van der Waals surface area contributed by atoms with Gasteiger partial charge in [-0.3, -0.25) is 0 Å². The Labute approximate surface area is 194 Å². The van der Waals surface area contributed by atoms with E-state index in [9.17, 15) is 10.6 Å². The number of ether oxygens (including phenoxy) is 3. The monoisotopic (exact) mass is 447 g/mol. The van der Waals surface area contributed by atoms with Crippen molar-refractivity contribution >= 4 is 0 Å². The number of aliphatic hydroxyl groups is 1. The third-order valence-electron chi connectivity index (χ3n) is 5.12. The summed E-state index contributed by atoms with van der Waals surface area (Å²) >= 11 is 0. The molecule has 0 amide bonds. The molecule has 3 atom stereocenters. The zero-order chi connectivity index (χ0) is 23.1. The number of azide groups is 1. The topological polar surface area (TPSA) is 96.7 Å². The Balaban J connectivity index is 1.71. The number of hydrogen-bond donors (Lipinski definition) is 1. The predicted molar refractivity (Wildman–Crippen MR) is 126 cm³/mol. The van der Waals surface area contributed by atoms with Crippen molar-refractivity contribution in [1.82, 2.24) is 0 Å². The van der Waals surface area contributed by atoms with Crippen LogP contribution in [0.1, 0.15) is 16.7 Å². The molecular weight excluding hydrogens is 418 g/mol. The number of aliphatic hydroxyl groups excluding tert-OH is 1. The highest BCUT2D eigenvalue weighted by molar-refractivity contribution is 5.15. The highest BCUT2D eigenvalue weighted by Crippen LogP contribution is 2.18. The lowest BCUT2D eigenvalue weighted by molar-refractivity contribution is -0.120. The maximum absolute atomic E-state index is 10.1. The van der Waals surface area contributed by atoms with Gasteiger partial charge in [-0.1, -0.05) is 96.1 Å². The molecule has 0 unspecified atom stereocenters. The van der Waals surface area contributed by atoms with Gasteiger partial charge in [0, 0.05) is 4.91 Å². The van der Waals surface area contributed by atoms with E-state index in [2.05, 4.69) is 10.0 Å². The average Bonchev–Trinajstić information content (AvgIpc) is 2.87. The number of hydrogen-bond acceptors (Lipinski definition) is 5. The van der Waals surface area contributed by atoms with Crippen molar-refractivity contribution in [2.24, 2.45) is 5.11 Å². The SMILES string of the molecule is [N-]=[N+]=N[C@@H](COCc1ccccc1)[C@H](OCc1ccccc1)[C@@H](CO)OCc1ccccc1. The molecule has 0 bridgehead atoms. The van der Waals surface area contributed by atoms with Crippen LogP contribution in [-0.4, -0.2) is 36.6 Å². The molecule has 7 nitrogen and oxygen atoms in total. The number of benzene rings is 3. The summed E-state index contributed by atoms with van der Waals surface area (Å²) in [5.41, 5.74) is 12.1. The van der Waals surface area contributed by atoms with Gasteiger partial charge in [0.05, 0.1) is 45.2 Å². The van der Waals surface area contributed by atoms with Crippen LogP contribution in [0.3, 0.4) is 0 Å². The lowest BCUT2D eigenvalue weighted by Crippen LogP contribution is -2.44. The smallest absolute Gasteiger partial charge is 0.108 e. The predicted octanol–water partition coefficient (Wildman–Crippen LogP) is 5.05. The van der Waals surface area contributed by atoms with Gasteiger partial charge in [0.15, 0.2) is 0 Å². The first-order valence-corrected chi connectivity index (χ1v) is 10.9. The van der Waals surface area contributed by atoms with Crippen molar-refractivity contribution < 1.29 is 19.3 Å². The summed E-state index contributed by atoms with van der Waals surface area (Å²) in [5, 5.41) is 14.0. The fraction of sp³-hybridized carbons (Fsp3) is 0.308. The first-order chi connectivity index (χ1) is 16.3. The molecule has 1 N–H and O–H groups in total. The van der Waals surface area contributed by atoms with E-state index >= 15 is 0 Å². The van der Waals surface area contributed by atoms with Gasteiger partial charge in [-0.15, -0.1) is 0 Å². The van der Waals surface area contributed by atoms with Crippen LogP contribution in [0.15, 0.2) is 96.1 Å². The van der Waals surface area contributed by atoms with Crippen LogP contribution in [0.25, 0.3) is 10.4 Å². The van der Waals surface area contributed by atoms with Gasteiger partial charge in [0.2, 0.25) is 0 Å². The molecule has 0 saturated heterocycles. The molecule has 0 radical (unpaired) electrons. The molecule has 172 valence electrons. The molecule has 0 saturated carbocycles. The second-order valence-corrected chi connectivity index (χ2v) is 7.55. The molecule has 0 fully saturated rings. The van der Waals surface area contributed by atoms with Crippen LogP contribution in [-0.2, 0) is 34.0 Å². The van der Waals surface area contributed by atoms with Crippen molar-refractivity contribution in [2.75, 3.05) is 13.2 Å². The molecule has 33 heavy (non-hydrogen) atoms. The van der Waals surface area contributed by atoms with Crippen LogP contribution in [0, 0.1) is 0 Å². The maximum atomic E-state index is 10.1. The zero-order valence-corrected chi connectivity index (χ0v) is 18.4. The molecule has 0 aromatic heterocycles. The quantitative estimate of drug-likeness (QED) is 0.213. The van der Waals surface area contributed by atoms with E-state index in [1.54, 1.807) is 0 Å². The fourth-order valence-electron chi connectivity index (χ4n) is 3.39. The van der Waals surface area contributed by atoms with Crippen molar-refractivity contribution in [2.45, 2.75) is 38.1 Å². The van der Waals surface area contributed by atoms with E-state index < -0.39 is 18.2 Å². The summed E-state index contributed by atoms with van der Waals surface area (Å²) in [6, 6.07) is 28.4. The molecule has 0 spiro atoms. The highest BCUT2D eigenvalue weighted by atomic mass is 16.5. The van der Waals surface area contributed by atoms with E-state index in [-0.39, 0.29) is 19.8 Å². The Kier molecular flexibility index (Phi) is 10.4. The normalized spacial score (nSPS) is 13.6. The van der Waals surface area contributed by atoms with Gasteiger partial charge >= 0.3 is 0 Å². The van der Waals surface area contributed by atoms with E-state index in [1.807, 2.05) is 91.0 Å².